The molecule has 2 N–H and O–H groups in total. The Balaban J connectivity index is 2.02. The number of carboxylic acid groups (broad SMARTS) is 1. The highest BCUT2D eigenvalue weighted by Crippen LogP contribution is 2.25. The van der Waals surface area contributed by atoms with Gasteiger partial charge in [0.25, 0.3) is 10.2 Å². The van der Waals surface area contributed by atoms with Crippen LogP contribution in [0.25, 0.3) is 0 Å². The first-order valence-corrected chi connectivity index (χ1v) is 8.30. The quantitative estimate of drug-likeness (QED) is 0.833. The van der Waals surface area contributed by atoms with Gasteiger partial charge in [-0.1, -0.05) is 18.6 Å². The summed E-state index contributed by atoms with van der Waals surface area (Å²) in [4.78, 5) is 10.9. The number of aryl methyl sites for hydroxylation is 1. The van der Waals surface area contributed by atoms with Gasteiger partial charge in [0.05, 0.1) is 5.56 Å². The van der Waals surface area contributed by atoms with Crippen molar-refractivity contribution in [2.24, 2.45) is 0 Å². The topological polar surface area (TPSA) is 86.7 Å². The summed E-state index contributed by atoms with van der Waals surface area (Å²) < 4.78 is 28.2. The SMILES string of the molecule is Cc1cc(CNS(=O)(=O)N(C)C2CCC2)ccc1C(=O)O. The molecule has 0 heterocycles. The lowest BCUT2D eigenvalue weighted by molar-refractivity contribution is 0.0696. The first-order valence-electron chi connectivity index (χ1n) is 6.86. The molecule has 0 unspecified atom stereocenters. The van der Waals surface area contributed by atoms with Crippen LogP contribution in [0.5, 0.6) is 0 Å². The zero-order valence-corrected chi connectivity index (χ0v) is 13.0. The molecule has 0 amide bonds. The third kappa shape index (κ3) is 3.61. The van der Waals surface area contributed by atoms with Crippen LogP contribution in [0.2, 0.25) is 0 Å². The molecular weight excluding hydrogens is 292 g/mol. The van der Waals surface area contributed by atoms with Gasteiger partial charge in [0.2, 0.25) is 0 Å². The molecule has 1 aromatic rings. The Morgan fingerprint density at radius 1 is 1.43 bits per heavy atom. The second-order valence-electron chi connectivity index (χ2n) is 5.38. The molecule has 1 aliphatic rings. The number of nitrogens with one attached hydrogen (secondary N) is 1. The largest absolute Gasteiger partial charge is 0.478 e. The summed E-state index contributed by atoms with van der Waals surface area (Å²) in [6.45, 7) is 1.85. The van der Waals surface area contributed by atoms with Crippen molar-refractivity contribution in [2.45, 2.75) is 38.8 Å². The maximum Gasteiger partial charge on any atom is 0.335 e. The average molecular weight is 312 g/mol. The number of rotatable bonds is 6. The molecule has 0 spiro atoms. The van der Waals surface area contributed by atoms with E-state index in [2.05, 4.69) is 4.72 Å². The van der Waals surface area contributed by atoms with E-state index >= 15 is 0 Å². The molecule has 0 aromatic heterocycles. The predicted octanol–water partition coefficient (Wildman–Crippen LogP) is 1.51. The van der Waals surface area contributed by atoms with E-state index in [9.17, 15) is 13.2 Å². The third-order valence-corrected chi connectivity index (χ3v) is 5.51. The molecule has 7 heteroatoms. The predicted molar refractivity (Wildman–Crippen MR) is 79.3 cm³/mol. The van der Waals surface area contributed by atoms with Crippen LogP contribution in [0.1, 0.15) is 40.7 Å². The lowest BCUT2D eigenvalue weighted by Crippen LogP contribution is -2.46. The molecule has 1 fully saturated rings. The summed E-state index contributed by atoms with van der Waals surface area (Å²) in [7, 11) is -1.90. The van der Waals surface area contributed by atoms with Crippen molar-refractivity contribution < 1.29 is 18.3 Å². The lowest BCUT2D eigenvalue weighted by atomic mass is 9.94. The molecule has 2 rings (SSSR count). The van der Waals surface area contributed by atoms with Gasteiger partial charge in [-0.05, 0) is 37.0 Å². The first-order chi connectivity index (χ1) is 9.81. The van der Waals surface area contributed by atoms with Gasteiger partial charge in [0, 0.05) is 19.6 Å². The van der Waals surface area contributed by atoms with E-state index in [4.69, 9.17) is 5.11 Å². The maximum atomic E-state index is 12.1. The Hall–Kier alpha value is -1.44. The average Bonchev–Trinajstić information content (AvgIpc) is 2.34. The standard InChI is InChI=1S/C14H20N2O4S/c1-10-8-11(6-7-13(10)14(17)18)9-15-21(19,20)16(2)12-4-3-5-12/h6-8,12,15H,3-5,9H2,1-2H3,(H,17,18). The minimum atomic E-state index is -3.49. The van der Waals surface area contributed by atoms with E-state index in [1.807, 2.05) is 0 Å². The number of carbonyl (C=O) groups is 1. The minimum absolute atomic E-state index is 0.0959. The molecule has 0 atom stereocenters. The number of hydrogen-bond acceptors (Lipinski definition) is 3. The summed E-state index contributed by atoms with van der Waals surface area (Å²) >= 11 is 0. The number of hydrogen-bond donors (Lipinski definition) is 2. The van der Waals surface area contributed by atoms with Crippen LogP contribution in [0.4, 0.5) is 0 Å². The zero-order valence-electron chi connectivity index (χ0n) is 12.2. The van der Waals surface area contributed by atoms with E-state index in [-0.39, 0.29) is 18.2 Å². The van der Waals surface area contributed by atoms with Gasteiger partial charge < -0.3 is 5.11 Å². The smallest absolute Gasteiger partial charge is 0.335 e. The monoisotopic (exact) mass is 312 g/mol. The molecule has 0 bridgehead atoms. The maximum absolute atomic E-state index is 12.1. The molecule has 6 nitrogen and oxygen atoms in total. The van der Waals surface area contributed by atoms with Gasteiger partial charge in [-0.15, -0.1) is 0 Å². The van der Waals surface area contributed by atoms with E-state index in [0.717, 1.165) is 24.8 Å². The van der Waals surface area contributed by atoms with Crippen LogP contribution in [-0.4, -0.2) is 36.9 Å². The van der Waals surface area contributed by atoms with E-state index in [1.165, 1.54) is 10.4 Å². The summed E-state index contributed by atoms with van der Waals surface area (Å²) in [5, 5.41) is 8.96. The second kappa shape index (κ2) is 6.13. The minimum Gasteiger partial charge on any atom is -0.478 e. The molecule has 0 radical (unpaired) electrons. The van der Waals surface area contributed by atoms with Crippen LogP contribution < -0.4 is 4.72 Å². The van der Waals surface area contributed by atoms with E-state index in [1.54, 1.807) is 26.1 Å². The van der Waals surface area contributed by atoms with Crippen LogP contribution in [-0.2, 0) is 16.8 Å². The summed E-state index contributed by atoms with van der Waals surface area (Å²) in [6.07, 6.45) is 2.88. The third-order valence-electron chi connectivity index (χ3n) is 3.95. The number of benzene rings is 1. The molecule has 116 valence electrons. The van der Waals surface area contributed by atoms with Gasteiger partial charge in [0.1, 0.15) is 0 Å². The molecular formula is C14H20N2O4S. The van der Waals surface area contributed by atoms with Crippen LogP contribution >= 0.6 is 0 Å². The molecule has 0 aliphatic heterocycles. The molecule has 1 aromatic carbocycles. The van der Waals surface area contributed by atoms with Crippen molar-refractivity contribution >= 4 is 16.2 Å². The van der Waals surface area contributed by atoms with Gasteiger partial charge in [-0.25, -0.2) is 4.79 Å². The Morgan fingerprint density at radius 3 is 2.57 bits per heavy atom. The molecule has 1 saturated carbocycles. The summed E-state index contributed by atoms with van der Waals surface area (Å²) in [6, 6.07) is 4.91. The number of aromatic carboxylic acids is 1. The normalized spacial score (nSPS) is 16.0. The molecule has 21 heavy (non-hydrogen) atoms. The van der Waals surface area contributed by atoms with Gasteiger partial charge in [-0.3, -0.25) is 0 Å². The van der Waals surface area contributed by atoms with Gasteiger partial charge in [-0.2, -0.15) is 17.4 Å². The summed E-state index contributed by atoms with van der Waals surface area (Å²) in [5.74, 6) is -0.982. The molecule has 0 saturated heterocycles. The van der Waals surface area contributed by atoms with Crippen molar-refractivity contribution in [2.75, 3.05) is 7.05 Å². The fraction of sp³-hybridized carbons (Fsp3) is 0.500. The van der Waals surface area contributed by atoms with Crippen LogP contribution in [0.15, 0.2) is 18.2 Å². The van der Waals surface area contributed by atoms with Crippen molar-refractivity contribution in [1.82, 2.24) is 9.03 Å². The highest BCUT2D eigenvalue weighted by molar-refractivity contribution is 7.87. The zero-order chi connectivity index (χ0) is 15.6. The Labute approximate surface area is 125 Å². The first kappa shape index (κ1) is 15.9. The fourth-order valence-corrected chi connectivity index (χ4v) is 3.45. The van der Waals surface area contributed by atoms with Crippen molar-refractivity contribution in [3.8, 4) is 0 Å². The second-order valence-corrected chi connectivity index (χ2v) is 7.20. The van der Waals surface area contributed by atoms with Crippen molar-refractivity contribution in [3.05, 3.63) is 34.9 Å². The Morgan fingerprint density at radius 2 is 2.10 bits per heavy atom. The molecule has 1 aliphatic carbocycles. The highest BCUT2D eigenvalue weighted by Gasteiger charge is 2.30. The van der Waals surface area contributed by atoms with Crippen LogP contribution in [0, 0.1) is 6.92 Å². The fourth-order valence-electron chi connectivity index (χ4n) is 2.30. The number of carboxylic acids is 1. The Bertz CT molecular complexity index is 638. The lowest BCUT2D eigenvalue weighted by Gasteiger charge is -2.33. The van der Waals surface area contributed by atoms with E-state index < -0.39 is 16.2 Å². The van der Waals surface area contributed by atoms with Crippen molar-refractivity contribution in [1.29, 1.82) is 0 Å². The van der Waals surface area contributed by atoms with Gasteiger partial charge in [0.15, 0.2) is 0 Å². The van der Waals surface area contributed by atoms with Crippen molar-refractivity contribution in [3.63, 3.8) is 0 Å². The highest BCUT2D eigenvalue weighted by atomic mass is 32.2. The summed E-state index contributed by atoms with van der Waals surface area (Å²) in [5.41, 5.74) is 1.59. The number of nitrogens with zero attached hydrogens (tertiary/aromatic N) is 1. The van der Waals surface area contributed by atoms with Crippen LogP contribution in [0.3, 0.4) is 0 Å². The Kier molecular flexibility index (Phi) is 4.65. The van der Waals surface area contributed by atoms with E-state index in [0.29, 0.717) is 5.56 Å². The van der Waals surface area contributed by atoms with Gasteiger partial charge >= 0.3 is 5.97 Å².